The number of aromatic nitrogens is 5. The first-order chi connectivity index (χ1) is 16.5. The summed E-state index contributed by atoms with van der Waals surface area (Å²) in [6.45, 7) is 2.86. The Morgan fingerprint density at radius 3 is 2.57 bits per heavy atom. The number of carbonyl (C=O) groups excluding carboxylic acids is 2. The second kappa shape index (κ2) is 8.77. The van der Waals surface area contributed by atoms with Crippen molar-refractivity contribution < 1.29 is 31.7 Å². The summed E-state index contributed by atoms with van der Waals surface area (Å²) in [6, 6.07) is 4.26. The van der Waals surface area contributed by atoms with Crippen molar-refractivity contribution in [3.8, 4) is 0 Å². The van der Waals surface area contributed by atoms with Gasteiger partial charge in [-0.1, -0.05) is 12.1 Å². The second-order valence-electron chi connectivity index (χ2n) is 7.46. The Morgan fingerprint density at radius 1 is 1.20 bits per heavy atom. The SMILES string of the molecule is CCc1nc(Cn2nc(C(F)(F)F)c(NC(=O)c3cc(C(N)=O)nc4cc(F)ccc34)c2C)no1. The summed E-state index contributed by atoms with van der Waals surface area (Å²) in [7, 11) is 0. The largest absolute Gasteiger partial charge is 0.437 e. The van der Waals surface area contributed by atoms with Crippen molar-refractivity contribution in [2.24, 2.45) is 5.73 Å². The van der Waals surface area contributed by atoms with Crippen LogP contribution in [0.1, 0.15) is 50.9 Å². The number of nitrogens with one attached hydrogen (secondary N) is 1. The van der Waals surface area contributed by atoms with Gasteiger partial charge < -0.3 is 15.6 Å². The molecule has 0 radical (unpaired) electrons. The number of anilines is 1. The molecular formula is C21H17F4N7O3. The number of pyridine rings is 1. The number of carbonyl (C=O) groups is 2. The smallest absolute Gasteiger partial charge is 0.364 e. The Bertz CT molecular complexity index is 1460. The van der Waals surface area contributed by atoms with Crippen molar-refractivity contribution in [2.75, 3.05) is 5.32 Å². The van der Waals surface area contributed by atoms with Crippen molar-refractivity contribution in [1.82, 2.24) is 24.9 Å². The van der Waals surface area contributed by atoms with Crippen LogP contribution in [0.3, 0.4) is 0 Å². The number of halogens is 4. The van der Waals surface area contributed by atoms with E-state index in [0.717, 1.165) is 22.9 Å². The molecule has 14 heteroatoms. The summed E-state index contributed by atoms with van der Waals surface area (Å²) < 4.78 is 60.9. The standard InChI is InChI=1S/C21H17F4N7O3/c1-3-16-28-15(31-35-16)8-32-9(2)17(18(30-32)21(23,24)25)29-20(34)12-7-14(19(26)33)27-13-6-10(22)4-5-11(12)13/h4-7H,3,8H2,1-2H3,(H2,26,33)(H,29,34). The van der Waals surface area contributed by atoms with Crippen LogP contribution in [0.5, 0.6) is 0 Å². The van der Waals surface area contributed by atoms with Gasteiger partial charge in [0.05, 0.1) is 22.5 Å². The molecule has 0 unspecified atom stereocenters. The lowest BCUT2D eigenvalue weighted by molar-refractivity contribution is -0.140. The summed E-state index contributed by atoms with van der Waals surface area (Å²) in [6.07, 6.45) is -4.47. The molecule has 35 heavy (non-hydrogen) atoms. The minimum Gasteiger partial charge on any atom is -0.364 e. The van der Waals surface area contributed by atoms with Crippen molar-refractivity contribution in [1.29, 1.82) is 0 Å². The molecule has 3 aromatic heterocycles. The van der Waals surface area contributed by atoms with Gasteiger partial charge in [-0.2, -0.15) is 23.3 Å². The first-order valence-corrected chi connectivity index (χ1v) is 10.2. The molecule has 0 saturated carbocycles. The van der Waals surface area contributed by atoms with E-state index in [9.17, 15) is 27.2 Å². The first kappa shape index (κ1) is 23.8. The van der Waals surface area contributed by atoms with Crippen LogP contribution in [-0.2, 0) is 19.1 Å². The monoisotopic (exact) mass is 491 g/mol. The van der Waals surface area contributed by atoms with Gasteiger partial charge in [-0.15, -0.1) is 0 Å². The molecule has 3 heterocycles. The maximum Gasteiger partial charge on any atom is 0.437 e. The number of hydrogen-bond acceptors (Lipinski definition) is 7. The second-order valence-corrected chi connectivity index (χ2v) is 7.46. The molecule has 10 nitrogen and oxygen atoms in total. The number of fused-ring (bicyclic) bond motifs is 1. The summed E-state index contributed by atoms with van der Waals surface area (Å²) in [5.41, 5.74) is 2.61. The Kier molecular flexibility index (Phi) is 5.96. The minimum absolute atomic E-state index is 0.0342. The van der Waals surface area contributed by atoms with Gasteiger partial charge in [0.25, 0.3) is 11.8 Å². The van der Waals surface area contributed by atoms with E-state index >= 15 is 0 Å². The molecule has 0 aliphatic rings. The zero-order chi connectivity index (χ0) is 25.5. The zero-order valence-electron chi connectivity index (χ0n) is 18.3. The van der Waals surface area contributed by atoms with Crippen LogP contribution in [0, 0.1) is 12.7 Å². The van der Waals surface area contributed by atoms with Crippen LogP contribution in [-0.4, -0.2) is 36.7 Å². The fourth-order valence-electron chi connectivity index (χ4n) is 3.38. The molecule has 4 aromatic rings. The van der Waals surface area contributed by atoms with Gasteiger partial charge in [0.15, 0.2) is 11.5 Å². The molecule has 0 fully saturated rings. The lowest BCUT2D eigenvalue weighted by Gasteiger charge is -2.11. The topological polar surface area (TPSA) is 142 Å². The van der Waals surface area contributed by atoms with Crippen molar-refractivity contribution in [2.45, 2.75) is 33.0 Å². The van der Waals surface area contributed by atoms with E-state index in [1.807, 2.05) is 0 Å². The summed E-state index contributed by atoms with van der Waals surface area (Å²) >= 11 is 0. The molecule has 0 saturated heterocycles. The van der Waals surface area contributed by atoms with E-state index in [4.69, 9.17) is 10.3 Å². The van der Waals surface area contributed by atoms with Crippen LogP contribution < -0.4 is 11.1 Å². The number of hydrogen-bond donors (Lipinski definition) is 2. The third-order valence-electron chi connectivity index (χ3n) is 5.09. The minimum atomic E-state index is -4.91. The highest BCUT2D eigenvalue weighted by molar-refractivity contribution is 6.14. The van der Waals surface area contributed by atoms with Crippen LogP contribution in [0.25, 0.3) is 10.9 Å². The average molecular weight is 491 g/mol. The lowest BCUT2D eigenvalue weighted by Crippen LogP contribution is -2.19. The number of aryl methyl sites for hydroxylation is 1. The van der Waals surface area contributed by atoms with Gasteiger partial charge in [0.1, 0.15) is 18.1 Å². The molecule has 4 rings (SSSR count). The number of primary amides is 1. The Hall–Kier alpha value is -4.36. The predicted octanol–water partition coefficient (Wildman–Crippen LogP) is 3.24. The number of rotatable bonds is 6. The zero-order valence-corrected chi connectivity index (χ0v) is 18.3. The lowest BCUT2D eigenvalue weighted by atomic mass is 10.1. The van der Waals surface area contributed by atoms with E-state index in [0.29, 0.717) is 12.3 Å². The fourth-order valence-corrected chi connectivity index (χ4v) is 3.38. The molecule has 0 spiro atoms. The van der Waals surface area contributed by atoms with Crippen LogP contribution in [0.2, 0.25) is 0 Å². The van der Waals surface area contributed by atoms with Gasteiger partial charge in [-0.25, -0.2) is 9.37 Å². The summed E-state index contributed by atoms with van der Waals surface area (Å²) in [5.74, 6) is -2.29. The van der Waals surface area contributed by atoms with E-state index in [1.165, 1.54) is 13.0 Å². The number of alkyl halides is 3. The number of nitrogens with zero attached hydrogens (tertiary/aromatic N) is 5. The van der Waals surface area contributed by atoms with E-state index in [1.54, 1.807) is 6.92 Å². The van der Waals surface area contributed by atoms with Gasteiger partial charge in [-0.3, -0.25) is 14.3 Å². The van der Waals surface area contributed by atoms with Crippen molar-refractivity contribution in [3.63, 3.8) is 0 Å². The predicted molar refractivity (Wildman–Crippen MR) is 113 cm³/mol. The van der Waals surface area contributed by atoms with Crippen molar-refractivity contribution in [3.05, 3.63) is 64.4 Å². The number of nitrogens with two attached hydrogens (primary N) is 1. The van der Waals surface area contributed by atoms with Crippen LogP contribution >= 0.6 is 0 Å². The summed E-state index contributed by atoms with van der Waals surface area (Å²) in [5, 5.41) is 9.62. The van der Waals surface area contributed by atoms with E-state index < -0.39 is 35.2 Å². The molecule has 1 aromatic carbocycles. The Balaban J connectivity index is 1.77. The average Bonchev–Trinajstić information content (AvgIpc) is 3.37. The third-order valence-corrected chi connectivity index (χ3v) is 5.09. The van der Waals surface area contributed by atoms with Gasteiger partial charge in [0, 0.05) is 17.9 Å². The van der Waals surface area contributed by atoms with Crippen LogP contribution in [0.15, 0.2) is 28.8 Å². The molecule has 0 aliphatic carbocycles. The number of amides is 2. The fraction of sp³-hybridized carbons (Fsp3) is 0.238. The third kappa shape index (κ3) is 4.67. The molecule has 0 aliphatic heterocycles. The molecule has 3 N–H and O–H groups in total. The van der Waals surface area contributed by atoms with Crippen molar-refractivity contribution >= 4 is 28.4 Å². The highest BCUT2D eigenvalue weighted by Crippen LogP contribution is 2.36. The highest BCUT2D eigenvalue weighted by atomic mass is 19.4. The molecule has 0 bridgehead atoms. The van der Waals surface area contributed by atoms with Crippen LogP contribution in [0.4, 0.5) is 23.2 Å². The quantitative estimate of drug-likeness (QED) is 0.394. The van der Waals surface area contributed by atoms with Gasteiger partial charge >= 0.3 is 6.18 Å². The molecule has 0 atom stereocenters. The highest BCUT2D eigenvalue weighted by Gasteiger charge is 2.39. The maximum absolute atomic E-state index is 13.8. The Labute approximate surface area is 194 Å². The maximum atomic E-state index is 13.8. The van der Waals surface area contributed by atoms with E-state index in [2.05, 4.69) is 25.5 Å². The van der Waals surface area contributed by atoms with Gasteiger partial charge in [-0.05, 0) is 25.1 Å². The molecular weight excluding hydrogens is 474 g/mol. The number of benzene rings is 1. The normalized spacial score (nSPS) is 11.7. The summed E-state index contributed by atoms with van der Waals surface area (Å²) in [4.78, 5) is 32.7. The molecule has 2 amide bonds. The van der Waals surface area contributed by atoms with E-state index in [-0.39, 0.29) is 40.2 Å². The van der Waals surface area contributed by atoms with Gasteiger partial charge in [0.2, 0.25) is 5.89 Å². The first-order valence-electron chi connectivity index (χ1n) is 10.2. The Morgan fingerprint density at radius 2 is 1.94 bits per heavy atom. The molecule has 182 valence electrons.